The van der Waals surface area contributed by atoms with Gasteiger partial charge in [-0.05, 0) is 43.5 Å². The molecule has 4 rings (SSSR count). The summed E-state index contributed by atoms with van der Waals surface area (Å²) in [5, 5.41) is 13.1. The number of allylic oxidation sites excluding steroid dienone is 1. The molecule has 1 amide bonds. The zero-order valence-corrected chi connectivity index (χ0v) is 20.4. The van der Waals surface area contributed by atoms with Crippen molar-refractivity contribution >= 4 is 23.5 Å². The van der Waals surface area contributed by atoms with Gasteiger partial charge in [-0.3, -0.25) is 9.69 Å². The van der Waals surface area contributed by atoms with E-state index in [4.69, 9.17) is 15.2 Å². The van der Waals surface area contributed by atoms with Crippen LogP contribution in [0.25, 0.3) is 0 Å². The number of nitrogens with two attached hydrogens (primary N) is 1. The van der Waals surface area contributed by atoms with Gasteiger partial charge < -0.3 is 20.5 Å². The number of nitriles is 1. The van der Waals surface area contributed by atoms with E-state index in [2.05, 4.69) is 11.4 Å². The number of amides is 1. The van der Waals surface area contributed by atoms with Gasteiger partial charge in [-0.15, -0.1) is 0 Å². The molecule has 0 radical (unpaired) electrons. The molecule has 0 saturated carbocycles. The molecule has 1 atom stereocenters. The lowest BCUT2D eigenvalue weighted by molar-refractivity contribution is -0.139. The number of carbonyl (C=O) groups is 3. The Bertz CT molecular complexity index is 1370. The van der Waals surface area contributed by atoms with Crippen LogP contribution < -0.4 is 16.0 Å². The van der Waals surface area contributed by atoms with Gasteiger partial charge in [0.1, 0.15) is 11.5 Å². The maximum absolute atomic E-state index is 13.2. The molecule has 0 bridgehead atoms. The first-order valence-corrected chi connectivity index (χ1v) is 11.2. The summed E-state index contributed by atoms with van der Waals surface area (Å²) in [6.45, 7) is 3.85. The van der Waals surface area contributed by atoms with Gasteiger partial charge in [0.15, 0.2) is 0 Å². The van der Waals surface area contributed by atoms with Gasteiger partial charge in [-0.1, -0.05) is 36.4 Å². The number of esters is 2. The minimum Gasteiger partial charge on any atom is -0.466 e. The molecule has 0 spiro atoms. The van der Waals surface area contributed by atoms with Crippen LogP contribution in [-0.4, -0.2) is 37.6 Å². The third kappa shape index (κ3) is 4.07. The lowest BCUT2D eigenvalue weighted by atomic mass is 9.80. The number of anilines is 1. The van der Waals surface area contributed by atoms with Gasteiger partial charge in [-0.25, -0.2) is 9.59 Å². The summed E-state index contributed by atoms with van der Waals surface area (Å²) in [5.41, 5.74) is 8.01. The molecular weight excluding hydrogens is 460 g/mol. The fourth-order valence-electron chi connectivity index (χ4n) is 4.75. The third-order valence-electron chi connectivity index (χ3n) is 6.29. The number of rotatable bonds is 4. The van der Waals surface area contributed by atoms with E-state index in [0.717, 1.165) is 5.56 Å². The fourth-order valence-corrected chi connectivity index (χ4v) is 4.75. The topological polar surface area (TPSA) is 135 Å². The van der Waals surface area contributed by atoms with Crippen molar-refractivity contribution in [1.29, 1.82) is 5.26 Å². The van der Waals surface area contributed by atoms with E-state index in [1.54, 1.807) is 48.5 Å². The molecule has 0 aliphatic carbocycles. The summed E-state index contributed by atoms with van der Waals surface area (Å²) in [4.78, 5) is 40.4. The van der Waals surface area contributed by atoms with Crippen molar-refractivity contribution in [3.63, 3.8) is 0 Å². The van der Waals surface area contributed by atoms with E-state index in [0.29, 0.717) is 23.2 Å². The van der Waals surface area contributed by atoms with Gasteiger partial charge in [0.25, 0.3) is 5.91 Å². The quantitative estimate of drug-likeness (QED) is 0.630. The van der Waals surface area contributed by atoms with Crippen LogP contribution in [0.2, 0.25) is 0 Å². The Balaban J connectivity index is 2.01. The Kier molecular flexibility index (Phi) is 6.29. The number of ether oxygens (including phenoxy) is 2. The van der Waals surface area contributed by atoms with Crippen LogP contribution in [-0.2, 0) is 25.5 Å². The molecule has 184 valence electrons. The van der Waals surface area contributed by atoms with Gasteiger partial charge >= 0.3 is 11.9 Å². The second-order valence-corrected chi connectivity index (χ2v) is 9.19. The predicted octanol–water partition coefficient (Wildman–Crippen LogP) is 2.65. The van der Waals surface area contributed by atoms with Crippen LogP contribution in [0, 0.1) is 11.3 Å². The molecule has 0 saturated heterocycles. The molecule has 36 heavy (non-hydrogen) atoms. The summed E-state index contributed by atoms with van der Waals surface area (Å²) in [6.07, 6.45) is 0.603. The van der Waals surface area contributed by atoms with Crippen molar-refractivity contribution in [2.24, 2.45) is 5.73 Å². The highest BCUT2D eigenvalue weighted by molar-refractivity contribution is 6.07. The van der Waals surface area contributed by atoms with E-state index in [9.17, 15) is 19.6 Å². The maximum atomic E-state index is 13.2. The highest BCUT2D eigenvalue weighted by Gasteiger charge is 2.43. The molecule has 1 unspecified atom stereocenters. The van der Waals surface area contributed by atoms with Crippen molar-refractivity contribution in [2.75, 3.05) is 19.1 Å². The van der Waals surface area contributed by atoms with Gasteiger partial charge in [0.05, 0.1) is 37.4 Å². The smallest absolute Gasteiger partial charge is 0.355 e. The van der Waals surface area contributed by atoms with E-state index in [1.165, 1.54) is 19.1 Å². The molecule has 0 fully saturated rings. The highest BCUT2D eigenvalue weighted by atomic mass is 16.5. The van der Waals surface area contributed by atoms with E-state index < -0.39 is 23.4 Å². The minimum absolute atomic E-state index is 0.0533. The standard InChI is InChI=1S/C27H26N4O5/c1-27(2)13-16-10-11-17(12-18(16)24(32)30-27)31-22(26(34)36-4)21(25(33)35-3)20(19(14-28)23(31)29)15-8-6-5-7-9-15/h5-12,20H,13,29H2,1-4H3,(H,30,32). The number of nitrogens with one attached hydrogen (secondary N) is 1. The monoisotopic (exact) mass is 486 g/mol. The summed E-state index contributed by atoms with van der Waals surface area (Å²) in [5.74, 6) is -2.96. The summed E-state index contributed by atoms with van der Waals surface area (Å²) in [7, 11) is 2.37. The number of hydrogen-bond donors (Lipinski definition) is 2. The Hall–Kier alpha value is -4.58. The maximum Gasteiger partial charge on any atom is 0.355 e. The molecule has 2 aliphatic rings. The molecule has 2 heterocycles. The van der Waals surface area contributed by atoms with E-state index in [1.807, 2.05) is 13.8 Å². The van der Waals surface area contributed by atoms with Crippen LogP contribution >= 0.6 is 0 Å². The van der Waals surface area contributed by atoms with Crippen molar-refractivity contribution < 1.29 is 23.9 Å². The molecule has 2 aliphatic heterocycles. The van der Waals surface area contributed by atoms with Gasteiger partial charge in [-0.2, -0.15) is 5.26 Å². The first-order chi connectivity index (χ1) is 17.1. The Morgan fingerprint density at radius 3 is 2.39 bits per heavy atom. The van der Waals surface area contributed by atoms with E-state index >= 15 is 0 Å². The number of hydrogen-bond acceptors (Lipinski definition) is 8. The fraction of sp³-hybridized carbons (Fsp3) is 0.259. The van der Waals surface area contributed by atoms with Crippen LogP contribution in [0.4, 0.5) is 5.69 Å². The Morgan fingerprint density at radius 1 is 1.11 bits per heavy atom. The normalized spacial score (nSPS) is 18.7. The Labute approximate surface area is 208 Å². The number of nitrogens with zero attached hydrogens (tertiary/aromatic N) is 2. The summed E-state index contributed by atoms with van der Waals surface area (Å²) >= 11 is 0. The number of methoxy groups -OCH3 is 2. The first-order valence-electron chi connectivity index (χ1n) is 11.2. The number of fused-ring (bicyclic) bond motifs is 1. The van der Waals surface area contributed by atoms with Crippen LogP contribution in [0.3, 0.4) is 0 Å². The lowest BCUT2D eigenvalue weighted by Crippen LogP contribution is -2.49. The van der Waals surface area contributed by atoms with E-state index in [-0.39, 0.29) is 28.6 Å². The second-order valence-electron chi connectivity index (χ2n) is 9.19. The molecule has 2 aromatic rings. The van der Waals surface area contributed by atoms with Crippen molar-refractivity contribution in [3.05, 3.63) is 87.9 Å². The molecule has 9 heteroatoms. The van der Waals surface area contributed by atoms with Gasteiger partial charge in [0.2, 0.25) is 0 Å². The summed E-state index contributed by atoms with van der Waals surface area (Å²) in [6, 6.07) is 15.9. The van der Waals surface area contributed by atoms with Crippen LogP contribution in [0.1, 0.15) is 41.3 Å². The average Bonchev–Trinajstić information content (AvgIpc) is 2.86. The lowest BCUT2D eigenvalue weighted by Gasteiger charge is -2.37. The first kappa shape index (κ1) is 24.5. The third-order valence-corrected chi connectivity index (χ3v) is 6.29. The molecule has 2 aromatic carbocycles. The van der Waals surface area contributed by atoms with Crippen LogP contribution in [0.5, 0.6) is 0 Å². The van der Waals surface area contributed by atoms with Crippen LogP contribution in [0.15, 0.2) is 71.2 Å². The predicted molar refractivity (Wildman–Crippen MR) is 131 cm³/mol. The highest BCUT2D eigenvalue weighted by Crippen LogP contribution is 2.43. The largest absolute Gasteiger partial charge is 0.466 e. The van der Waals surface area contributed by atoms with Crippen molar-refractivity contribution in [2.45, 2.75) is 31.7 Å². The number of carbonyl (C=O) groups excluding carboxylic acids is 3. The SMILES string of the molecule is COC(=O)C1=C(C(=O)OC)N(c2ccc3c(c2)C(=O)NC(C)(C)C3)C(N)=C(C#N)C1c1ccccc1. The molecular formula is C27H26N4O5. The minimum atomic E-state index is -0.962. The molecule has 0 aromatic heterocycles. The van der Waals surface area contributed by atoms with Gasteiger partial charge in [0, 0.05) is 16.8 Å². The average molecular weight is 487 g/mol. The zero-order valence-electron chi connectivity index (χ0n) is 20.4. The molecule has 3 N–H and O–H groups in total. The summed E-state index contributed by atoms with van der Waals surface area (Å²) < 4.78 is 10.1. The van der Waals surface area contributed by atoms with Crippen molar-refractivity contribution in [3.8, 4) is 6.07 Å². The zero-order chi connectivity index (χ0) is 26.2. The molecule has 9 nitrogen and oxygen atoms in total. The van der Waals surface area contributed by atoms with Crippen molar-refractivity contribution in [1.82, 2.24) is 5.32 Å². The second kappa shape index (κ2) is 9.23. The Morgan fingerprint density at radius 2 is 1.78 bits per heavy atom. The number of benzene rings is 2.